The number of aliphatic carboxylic acids is 1. The molecule has 6 nitrogen and oxygen atoms in total. The number of para-hydroxylation sites is 2. The molecule has 0 saturated carbocycles. The Hall–Kier alpha value is -2.24. The van der Waals surface area contributed by atoms with Gasteiger partial charge in [-0.05, 0) is 19.1 Å². The van der Waals surface area contributed by atoms with Crippen molar-refractivity contribution in [3.63, 3.8) is 0 Å². The van der Waals surface area contributed by atoms with E-state index in [0.29, 0.717) is 11.4 Å². The van der Waals surface area contributed by atoms with E-state index >= 15 is 0 Å². The van der Waals surface area contributed by atoms with Crippen molar-refractivity contribution in [3.8, 4) is 0 Å². The molecule has 0 unspecified atom stereocenters. The molecule has 0 heterocycles. The highest BCUT2D eigenvalue weighted by molar-refractivity contribution is 5.95. The number of nitrogens with two attached hydrogens (primary N) is 1. The van der Waals surface area contributed by atoms with Gasteiger partial charge in [0.1, 0.15) is 6.54 Å². The Bertz CT molecular complexity index is 420. The average molecular weight is 238 g/mol. The summed E-state index contributed by atoms with van der Waals surface area (Å²) in [6.45, 7) is 1.32. The van der Waals surface area contributed by atoms with Crippen LogP contribution in [-0.4, -0.2) is 30.3 Å². The smallest absolute Gasteiger partial charge is 0.414 e. The van der Waals surface area contributed by atoms with Gasteiger partial charge in [-0.25, -0.2) is 4.79 Å². The van der Waals surface area contributed by atoms with Crippen molar-refractivity contribution in [2.24, 2.45) is 0 Å². The van der Waals surface area contributed by atoms with Gasteiger partial charge in [0.25, 0.3) is 0 Å². The summed E-state index contributed by atoms with van der Waals surface area (Å²) in [4.78, 5) is 23.3. The molecule has 0 radical (unpaired) electrons. The third kappa shape index (κ3) is 3.37. The van der Waals surface area contributed by atoms with E-state index in [-0.39, 0.29) is 6.61 Å². The van der Waals surface area contributed by atoms with Crippen molar-refractivity contribution in [2.45, 2.75) is 6.92 Å². The minimum Gasteiger partial charge on any atom is -0.480 e. The molecule has 0 aliphatic heterocycles. The van der Waals surface area contributed by atoms with Crippen LogP contribution in [0.4, 0.5) is 16.2 Å². The molecular weight excluding hydrogens is 224 g/mol. The number of benzene rings is 1. The number of hydrogen-bond acceptors (Lipinski definition) is 4. The molecule has 0 spiro atoms. The minimum absolute atomic E-state index is 0.168. The first-order chi connectivity index (χ1) is 8.06. The Balaban J connectivity index is 3.01. The van der Waals surface area contributed by atoms with Crippen LogP contribution in [-0.2, 0) is 9.53 Å². The molecule has 6 heteroatoms. The van der Waals surface area contributed by atoms with Crippen LogP contribution >= 0.6 is 0 Å². The molecule has 17 heavy (non-hydrogen) atoms. The standard InChI is InChI=1S/C11H14N2O4/c1-2-17-11(16)13(7-10(14)15)9-6-4-3-5-8(9)12/h3-6H,2,7,12H2,1H3,(H,14,15). The van der Waals surface area contributed by atoms with Gasteiger partial charge in [0.05, 0.1) is 18.0 Å². The van der Waals surface area contributed by atoms with Crippen molar-refractivity contribution in [2.75, 3.05) is 23.8 Å². The molecule has 0 fully saturated rings. The highest BCUT2D eigenvalue weighted by Crippen LogP contribution is 2.22. The van der Waals surface area contributed by atoms with Gasteiger partial charge in [0.2, 0.25) is 0 Å². The fourth-order valence-corrected chi connectivity index (χ4v) is 1.32. The van der Waals surface area contributed by atoms with Gasteiger partial charge in [-0.15, -0.1) is 0 Å². The largest absolute Gasteiger partial charge is 0.480 e. The number of anilines is 2. The average Bonchev–Trinajstić information content (AvgIpc) is 2.27. The quantitative estimate of drug-likeness (QED) is 0.771. The SMILES string of the molecule is CCOC(=O)N(CC(=O)O)c1ccccc1N. The molecule has 0 aromatic heterocycles. The summed E-state index contributed by atoms with van der Waals surface area (Å²) in [5.74, 6) is -1.14. The molecule has 1 aromatic carbocycles. The van der Waals surface area contributed by atoms with E-state index in [0.717, 1.165) is 4.90 Å². The maximum absolute atomic E-state index is 11.6. The first-order valence-electron chi connectivity index (χ1n) is 5.06. The van der Waals surface area contributed by atoms with Crippen LogP contribution < -0.4 is 10.6 Å². The Morgan fingerprint density at radius 3 is 2.59 bits per heavy atom. The maximum atomic E-state index is 11.6. The third-order valence-electron chi connectivity index (χ3n) is 2.01. The fourth-order valence-electron chi connectivity index (χ4n) is 1.32. The molecule has 3 N–H and O–H groups in total. The first kappa shape index (κ1) is 12.8. The van der Waals surface area contributed by atoms with Gasteiger partial charge in [-0.2, -0.15) is 0 Å². The van der Waals surface area contributed by atoms with E-state index < -0.39 is 18.6 Å². The lowest BCUT2D eigenvalue weighted by Gasteiger charge is -2.21. The fraction of sp³-hybridized carbons (Fsp3) is 0.273. The van der Waals surface area contributed by atoms with E-state index in [1.54, 1.807) is 31.2 Å². The normalized spacial score (nSPS) is 9.71. The summed E-state index contributed by atoms with van der Waals surface area (Å²) in [5.41, 5.74) is 6.34. The van der Waals surface area contributed by atoms with E-state index in [9.17, 15) is 9.59 Å². The number of hydrogen-bond donors (Lipinski definition) is 2. The lowest BCUT2D eigenvalue weighted by molar-refractivity contribution is -0.135. The zero-order chi connectivity index (χ0) is 12.8. The second-order valence-electron chi connectivity index (χ2n) is 3.24. The molecule has 0 bridgehead atoms. The number of carboxylic acid groups (broad SMARTS) is 1. The van der Waals surface area contributed by atoms with Gasteiger partial charge < -0.3 is 15.6 Å². The van der Waals surface area contributed by atoms with Crippen LogP contribution in [0.1, 0.15) is 6.92 Å². The Morgan fingerprint density at radius 1 is 1.41 bits per heavy atom. The zero-order valence-electron chi connectivity index (χ0n) is 9.42. The molecule has 92 valence electrons. The van der Waals surface area contributed by atoms with Crippen molar-refractivity contribution in [1.29, 1.82) is 0 Å². The number of carbonyl (C=O) groups is 2. The van der Waals surface area contributed by atoms with E-state index in [2.05, 4.69) is 0 Å². The predicted molar refractivity (Wildman–Crippen MR) is 62.9 cm³/mol. The molecule has 1 aromatic rings. The number of rotatable bonds is 4. The molecular formula is C11H14N2O4. The van der Waals surface area contributed by atoms with Crippen molar-refractivity contribution in [1.82, 2.24) is 0 Å². The van der Waals surface area contributed by atoms with Crippen LogP contribution in [0.2, 0.25) is 0 Å². The number of carboxylic acids is 1. The van der Waals surface area contributed by atoms with Crippen molar-refractivity contribution in [3.05, 3.63) is 24.3 Å². The van der Waals surface area contributed by atoms with Gasteiger partial charge in [0.15, 0.2) is 0 Å². The molecule has 0 aliphatic rings. The summed E-state index contributed by atoms with van der Waals surface area (Å²) in [7, 11) is 0. The molecule has 0 aliphatic carbocycles. The zero-order valence-corrected chi connectivity index (χ0v) is 9.42. The Morgan fingerprint density at radius 2 is 2.06 bits per heavy atom. The third-order valence-corrected chi connectivity index (χ3v) is 2.01. The molecule has 0 atom stereocenters. The number of nitrogens with zero attached hydrogens (tertiary/aromatic N) is 1. The van der Waals surface area contributed by atoms with E-state index in [4.69, 9.17) is 15.6 Å². The summed E-state index contributed by atoms with van der Waals surface area (Å²) in [6.07, 6.45) is -0.729. The number of carbonyl (C=O) groups excluding carboxylic acids is 1. The van der Waals surface area contributed by atoms with Crippen LogP contribution in [0.15, 0.2) is 24.3 Å². The molecule has 0 saturated heterocycles. The summed E-state index contributed by atoms with van der Waals surface area (Å²) < 4.78 is 4.78. The molecule has 1 rings (SSSR count). The highest BCUT2D eigenvalue weighted by atomic mass is 16.6. The number of nitrogen functional groups attached to an aromatic ring is 1. The van der Waals surface area contributed by atoms with Crippen LogP contribution in [0, 0.1) is 0 Å². The second-order valence-corrected chi connectivity index (χ2v) is 3.24. The summed E-state index contributed by atoms with van der Waals surface area (Å²) >= 11 is 0. The highest BCUT2D eigenvalue weighted by Gasteiger charge is 2.21. The van der Waals surface area contributed by atoms with Gasteiger partial charge in [-0.3, -0.25) is 9.69 Å². The minimum atomic E-state index is -1.14. The first-order valence-corrected chi connectivity index (χ1v) is 5.06. The monoisotopic (exact) mass is 238 g/mol. The second kappa shape index (κ2) is 5.74. The maximum Gasteiger partial charge on any atom is 0.414 e. The van der Waals surface area contributed by atoms with Crippen LogP contribution in [0.3, 0.4) is 0 Å². The lowest BCUT2D eigenvalue weighted by Crippen LogP contribution is -2.36. The number of ether oxygens (including phenoxy) is 1. The number of amides is 1. The van der Waals surface area contributed by atoms with E-state index in [1.807, 2.05) is 0 Å². The van der Waals surface area contributed by atoms with E-state index in [1.165, 1.54) is 0 Å². The van der Waals surface area contributed by atoms with Crippen molar-refractivity contribution < 1.29 is 19.4 Å². The topological polar surface area (TPSA) is 92.9 Å². The molecule has 1 amide bonds. The predicted octanol–water partition coefficient (Wildman–Crippen LogP) is 1.32. The summed E-state index contributed by atoms with van der Waals surface area (Å²) in [5, 5.41) is 8.76. The van der Waals surface area contributed by atoms with Gasteiger partial charge in [0, 0.05) is 0 Å². The van der Waals surface area contributed by atoms with Crippen molar-refractivity contribution >= 4 is 23.4 Å². The lowest BCUT2D eigenvalue weighted by atomic mass is 10.2. The van der Waals surface area contributed by atoms with Crippen LogP contribution in [0.25, 0.3) is 0 Å². The van der Waals surface area contributed by atoms with Crippen LogP contribution in [0.5, 0.6) is 0 Å². The Kier molecular flexibility index (Phi) is 4.33. The van der Waals surface area contributed by atoms with Gasteiger partial charge in [-0.1, -0.05) is 12.1 Å². The Labute approximate surface area is 98.6 Å². The summed E-state index contributed by atoms with van der Waals surface area (Å²) in [6, 6.07) is 6.52. The van der Waals surface area contributed by atoms with Gasteiger partial charge >= 0.3 is 12.1 Å².